The van der Waals surface area contributed by atoms with Gasteiger partial charge in [0.05, 0.1) is 15.4 Å². The van der Waals surface area contributed by atoms with Crippen LogP contribution in [0.1, 0.15) is 10.4 Å². The number of carbonyl (C=O) groups excluding carboxylic acids is 1. The molecule has 0 saturated carbocycles. The molecule has 2 nitrogen and oxygen atoms in total. The average molecular weight is 284 g/mol. The zero-order valence-corrected chi connectivity index (χ0v) is 9.45. The van der Waals surface area contributed by atoms with E-state index in [1.54, 1.807) is 0 Å². The molecule has 0 aliphatic carbocycles. The van der Waals surface area contributed by atoms with Gasteiger partial charge < -0.3 is 5.11 Å². The fourth-order valence-corrected chi connectivity index (χ4v) is 1.61. The minimum atomic E-state index is -0.200. The van der Waals surface area contributed by atoms with Gasteiger partial charge in [-0.25, -0.2) is 0 Å². The van der Waals surface area contributed by atoms with E-state index in [-0.39, 0.29) is 26.9 Å². The summed E-state index contributed by atoms with van der Waals surface area (Å²) in [4.78, 5) is 11.2. The van der Waals surface area contributed by atoms with Crippen molar-refractivity contribution in [1.82, 2.24) is 0 Å². The van der Waals surface area contributed by atoms with Crippen molar-refractivity contribution in [3.05, 3.63) is 27.7 Å². The van der Waals surface area contributed by atoms with Crippen LogP contribution in [0.5, 0.6) is 5.75 Å². The Bertz CT molecular complexity index is 329. The molecule has 0 aliphatic rings. The quantitative estimate of drug-likeness (QED) is 0.668. The highest BCUT2D eigenvalue weighted by atomic mass is 79.9. The van der Waals surface area contributed by atoms with Gasteiger partial charge in [-0.2, -0.15) is 0 Å². The van der Waals surface area contributed by atoms with Gasteiger partial charge in [0.1, 0.15) is 0 Å². The van der Waals surface area contributed by atoms with Gasteiger partial charge in [0.2, 0.25) is 0 Å². The first-order chi connectivity index (χ1) is 6.06. The van der Waals surface area contributed by atoms with E-state index in [4.69, 9.17) is 23.2 Å². The highest BCUT2D eigenvalue weighted by Crippen LogP contribution is 2.32. The molecule has 1 N–H and O–H groups in total. The van der Waals surface area contributed by atoms with Gasteiger partial charge in [0.15, 0.2) is 11.5 Å². The average Bonchev–Trinajstić information content (AvgIpc) is 2.12. The summed E-state index contributed by atoms with van der Waals surface area (Å²) in [6.07, 6.45) is 0. The Kier molecular flexibility index (Phi) is 3.59. The van der Waals surface area contributed by atoms with Crippen LogP contribution >= 0.6 is 39.1 Å². The molecule has 0 bridgehead atoms. The molecule has 5 heteroatoms. The second-order valence-corrected chi connectivity index (χ2v) is 3.72. The second kappa shape index (κ2) is 4.31. The van der Waals surface area contributed by atoms with Crippen LogP contribution in [-0.4, -0.2) is 16.2 Å². The Morgan fingerprint density at radius 1 is 1.38 bits per heavy atom. The Balaban J connectivity index is 3.20. The molecule has 0 aliphatic heterocycles. The standard InChI is InChI=1S/C8H5BrCl2O2/c9-3-7(12)4-1-5(10)8(13)6(11)2-4/h1-2,13H,3H2. The summed E-state index contributed by atoms with van der Waals surface area (Å²) in [7, 11) is 0. The van der Waals surface area contributed by atoms with Crippen LogP contribution in [-0.2, 0) is 0 Å². The third kappa shape index (κ3) is 2.36. The Morgan fingerprint density at radius 2 is 1.85 bits per heavy atom. The van der Waals surface area contributed by atoms with E-state index >= 15 is 0 Å². The van der Waals surface area contributed by atoms with Gasteiger partial charge in [0.25, 0.3) is 0 Å². The smallest absolute Gasteiger partial charge is 0.173 e. The van der Waals surface area contributed by atoms with E-state index in [1.807, 2.05) is 0 Å². The summed E-state index contributed by atoms with van der Waals surface area (Å²) in [5.74, 6) is -0.335. The number of phenolic OH excluding ortho intramolecular Hbond substituents is 1. The van der Waals surface area contributed by atoms with Crippen LogP contribution in [0.4, 0.5) is 0 Å². The Morgan fingerprint density at radius 3 is 2.23 bits per heavy atom. The number of aromatic hydroxyl groups is 1. The van der Waals surface area contributed by atoms with Gasteiger partial charge in [0, 0.05) is 5.56 Å². The molecule has 70 valence electrons. The third-order valence-electron chi connectivity index (χ3n) is 1.46. The first-order valence-electron chi connectivity index (χ1n) is 3.33. The summed E-state index contributed by atoms with van der Waals surface area (Å²) in [6.45, 7) is 0. The van der Waals surface area contributed by atoms with Crippen LogP contribution in [0, 0.1) is 0 Å². The molecular formula is C8H5BrCl2O2. The van der Waals surface area contributed by atoms with Crippen LogP contribution in [0.25, 0.3) is 0 Å². The van der Waals surface area contributed by atoms with Crippen molar-refractivity contribution in [3.8, 4) is 5.75 Å². The first-order valence-corrected chi connectivity index (χ1v) is 5.21. The predicted octanol–water partition coefficient (Wildman–Crippen LogP) is 3.28. The molecule has 0 unspecified atom stereocenters. The number of benzene rings is 1. The van der Waals surface area contributed by atoms with Crippen LogP contribution < -0.4 is 0 Å². The molecule has 13 heavy (non-hydrogen) atoms. The van der Waals surface area contributed by atoms with Gasteiger partial charge in [-0.3, -0.25) is 4.79 Å². The van der Waals surface area contributed by atoms with E-state index in [9.17, 15) is 9.90 Å². The number of rotatable bonds is 2. The summed E-state index contributed by atoms with van der Waals surface area (Å²) in [5.41, 5.74) is 0.379. The van der Waals surface area contributed by atoms with E-state index in [0.29, 0.717) is 5.56 Å². The highest BCUT2D eigenvalue weighted by molar-refractivity contribution is 9.09. The Hall–Kier alpha value is -0.250. The normalized spacial score (nSPS) is 10.1. The van der Waals surface area contributed by atoms with Crippen molar-refractivity contribution < 1.29 is 9.90 Å². The number of Topliss-reactive ketones (excluding diaryl/α,β-unsaturated/α-hetero) is 1. The lowest BCUT2D eigenvalue weighted by molar-refractivity contribution is 0.102. The SMILES string of the molecule is O=C(CBr)c1cc(Cl)c(O)c(Cl)c1. The van der Waals surface area contributed by atoms with E-state index < -0.39 is 0 Å². The zero-order chi connectivity index (χ0) is 10.0. The van der Waals surface area contributed by atoms with E-state index in [1.165, 1.54) is 12.1 Å². The molecule has 0 heterocycles. The highest BCUT2D eigenvalue weighted by Gasteiger charge is 2.10. The summed E-state index contributed by atoms with van der Waals surface area (Å²) in [5, 5.41) is 9.56. The minimum absolute atomic E-state index is 0.0804. The number of ketones is 1. The Labute approximate surface area is 93.6 Å². The molecule has 1 aromatic rings. The lowest BCUT2D eigenvalue weighted by Gasteiger charge is -2.02. The molecular weight excluding hydrogens is 279 g/mol. The van der Waals surface area contributed by atoms with E-state index in [2.05, 4.69) is 15.9 Å². The maximum atomic E-state index is 11.2. The topological polar surface area (TPSA) is 37.3 Å². The second-order valence-electron chi connectivity index (χ2n) is 2.35. The summed E-state index contributed by atoms with van der Waals surface area (Å²) < 4.78 is 0. The first kappa shape index (κ1) is 10.8. The maximum Gasteiger partial charge on any atom is 0.173 e. The summed E-state index contributed by atoms with van der Waals surface area (Å²) in [6, 6.07) is 2.76. The molecule has 0 aromatic heterocycles. The minimum Gasteiger partial charge on any atom is -0.505 e. The van der Waals surface area contributed by atoms with Gasteiger partial charge in [-0.15, -0.1) is 0 Å². The monoisotopic (exact) mass is 282 g/mol. The van der Waals surface area contributed by atoms with Crippen molar-refractivity contribution in [3.63, 3.8) is 0 Å². The number of carbonyl (C=O) groups is 1. The molecule has 1 rings (SSSR count). The molecule has 0 spiro atoms. The van der Waals surface area contributed by atoms with Crippen molar-refractivity contribution in [2.75, 3.05) is 5.33 Å². The number of phenols is 1. The van der Waals surface area contributed by atoms with Crippen LogP contribution in [0.3, 0.4) is 0 Å². The van der Waals surface area contributed by atoms with Crippen molar-refractivity contribution in [1.29, 1.82) is 0 Å². The third-order valence-corrected chi connectivity index (χ3v) is 2.55. The maximum absolute atomic E-state index is 11.2. The number of alkyl halides is 1. The predicted molar refractivity (Wildman–Crippen MR) is 56.3 cm³/mol. The molecule has 0 radical (unpaired) electrons. The fraction of sp³-hybridized carbons (Fsp3) is 0.125. The molecule has 0 fully saturated rings. The lowest BCUT2D eigenvalue weighted by atomic mass is 10.1. The van der Waals surface area contributed by atoms with E-state index in [0.717, 1.165) is 0 Å². The van der Waals surface area contributed by atoms with Crippen molar-refractivity contribution in [2.24, 2.45) is 0 Å². The van der Waals surface area contributed by atoms with Gasteiger partial charge >= 0.3 is 0 Å². The lowest BCUT2D eigenvalue weighted by Crippen LogP contribution is -1.99. The zero-order valence-electron chi connectivity index (χ0n) is 6.35. The summed E-state index contributed by atoms with van der Waals surface area (Å²) >= 11 is 14.3. The van der Waals surface area contributed by atoms with Crippen LogP contribution in [0.15, 0.2) is 12.1 Å². The molecule has 0 amide bonds. The van der Waals surface area contributed by atoms with Gasteiger partial charge in [-0.1, -0.05) is 39.1 Å². The largest absolute Gasteiger partial charge is 0.505 e. The number of halogens is 3. The number of hydrogen-bond donors (Lipinski definition) is 1. The van der Waals surface area contributed by atoms with Gasteiger partial charge in [-0.05, 0) is 12.1 Å². The molecule has 1 aromatic carbocycles. The van der Waals surface area contributed by atoms with Crippen LogP contribution in [0.2, 0.25) is 10.0 Å². The van der Waals surface area contributed by atoms with Crippen molar-refractivity contribution in [2.45, 2.75) is 0 Å². The number of hydrogen-bond acceptors (Lipinski definition) is 2. The van der Waals surface area contributed by atoms with Crippen molar-refractivity contribution >= 4 is 44.9 Å². The molecule has 0 saturated heterocycles. The fourth-order valence-electron chi connectivity index (χ4n) is 0.804. The molecule has 0 atom stereocenters.